The molecule has 0 bridgehead atoms. The fourth-order valence-corrected chi connectivity index (χ4v) is 2.95. The summed E-state index contributed by atoms with van der Waals surface area (Å²) in [7, 11) is 2.07. The summed E-state index contributed by atoms with van der Waals surface area (Å²) in [6.45, 7) is 5.97. The monoisotopic (exact) mass is 361 g/mol. The van der Waals surface area contributed by atoms with Gasteiger partial charge in [-0.05, 0) is 51.2 Å². The van der Waals surface area contributed by atoms with Gasteiger partial charge in [-0.3, -0.25) is 4.79 Å². The highest BCUT2D eigenvalue weighted by atomic mass is 19.1. The zero-order chi connectivity index (χ0) is 18.5. The number of amides is 1. The van der Waals surface area contributed by atoms with E-state index < -0.39 is 0 Å². The summed E-state index contributed by atoms with van der Waals surface area (Å²) < 4.78 is 20.1. The summed E-state index contributed by atoms with van der Waals surface area (Å²) in [6.07, 6.45) is 0.959. The molecule has 1 aromatic heterocycles. The summed E-state index contributed by atoms with van der Waals surface area (Å²) in [6, 6.07) is 5.86. The molecule has 2 aromatic rings. The Bertz CT molecular complexity index is 747. The lowest BCUT2D eigenvalue weighted by Crippen LogP contribution is -2.35. The minimum absolute atomic E-state index is 0.0662. The van der Waals surface area contributed by atoms with Gasteiger partial charge in [0, 0.05) is 19.6 Å². The van der Waals surface area contributed by atoms with E-state index in [0.717, 1.165) is 31.7 Å². The number of halogens is 1. The first kappa shape index (κ1) is 18.3. The highest BCUT2D eigenvalue weighted by molar-refractivity contribution is 5.93. The fourth-order valence-electron chi connectivity index (χ4n) is 2.95. The van der Waals surface area contributed by atoms with Crippen molar-refractivity contribution in [1.82, 2.24) is 24.8 Å². The Morgan fingerprint density at radius 2 is 1.96 bits per heavy atom. The Labute approximate surface area is 152 Å². The van der Waals surface area contributed by atoms with E-state index in [2.05, 4.69) is 22.3 Å². The molecule has 0 saturated carbocycles. The summed E-state index contributed by atoms with van der Waals surface area (Å²) in [5.41, 5.74) is 1.13. The zero-order valence-electron chi connectivity index (χ0n) is 15.2. The molecule has 2 heterocycles. The molecule has 7 nitrogen and oxygen atoms in total. The van der Waals surface area contributed by atoms with Crippen molar-refractivity contribution in [3.63, 3.8) is 0 Å². The van der Waals surface area contributed by atoms with Crippen molar-refractivity contribution >= 4 is 5.91 Å². The van der Waals surface area contributed by atoms with E-state index in [4.69, 9.17) is 4.74 Å². The molecule has 0 unspecified atom stereocenters. The molecule has 0 atom stereocenters. The van der Waals surface area contributed by atoms with Crippen molar-refractivity contribution < 1.29 is 13.9 Å². The first-order chi connectivity index (χ1) is 12.5. The van der Waals surface area contributed by atoms with Gasteiger partial charge >= 0.3 is 0 Å². The van der Waals surface area contributed by atoms with Crippen molar-refractivity contribution in [3.8, 4) is 5.75 Å². The highest BCUT2D eigenvalue weighted by Gasteiger charge is 2.24. The first-order valence-electron chi connectivity index (χ1n) is 8.81. The molecular formula is C18H24FN5O2. The molecule has 0 radical (unpaired) electrons. The number of hydrogen-bond donors (Lipinski definition) is 0. The van der Waals surface area contributed by atoms with Gasteiger partial charge in [0.2, 0.25) is 0 Å². The normalized spacial score (nSPS) is 15.7. The van der Waals surface area contributed by atoms with E-state index >= 15 is 0 Å². The SMILES string of the molecule is Cc1c(C(=O)N2CCCN(C)CC2)nnn1CCOc1ccc(F)cc1. The van der Waals surface area contributed by atoms with Crippen LogP contribution in [0, 0.1) is 12.7 Å². The smallest absolute Gasteiger partial charge is 0.276 e. The van der Waals surface area contributed by atoms with Crippen LogP contribution in [-0.4, -0.2) is 70.5 Å². The van der Waals surface area contributed by atoms with Gasteiger partial charge in [0.05, 0.1) is 12.2 Å². The minimum Gasteiger partial charge on any atom is -0.492 e. The lowest BCUT2D eigenvalue weighted by molar-refractivity contribution is 0.0756. The van der Waals surface area contributed by atoms with E-state index in [1.165, 1.54) is 12.1 Å². The molecule has 1 aliphatic rings. The average Bonchev–Trinajstić information content (AvgIpc) is 2.85. The fraction of sp³-hybridized carbons (Fsp3) is 0.500. The minimum atomic E-state index is -0.299. The Morgan fingerprint density at radius 3 is 2.73 bits per heavy atom. The third kappa shape index (κ3) is 4.37. The van der Waals surface area contributed by atoms with Crippen molar-refractivity contribution in [2.75, 3.05) is 39.8 Å². The van der Waals surface area contributed by atoms with E-state index in [-0.39, 0.29) is 11.7 Å². The zero-order valence-corrected chi connectivity index (χ0v) is 15.2. The van der Waals surface area contributed by atoms with Gasteiger partial charge in [0.25, 0.3) is 5.91 Å². The van der Waals surface area contributed by atoms with Crippen molar-refractivity contribution in [2.45, 2.75) is 19.9 Å². The predicted octanol–water partition coefficient (Wildman–Crippen LogP) is 1.58. The topological polar surface area (TPSA) is 63.5 Å². The van der Waals surface area contributed by atoms with Gasteiger partial charge in [-0.25, -0.2) is 9.07 Å². The molecule has 1 aliphatic heterocycles. The van der Waals surface area contributed by atoms with Crippen LogP contribution in [0.15, 0.2) is 24.3 Å². The molecular weight excluding hydrogens is 337 g/mol. The van der Waals surface area contributed by atoms with E-state index in [1.807, 2.05) is 11.8 Å². The Hall–Kier alpha value is -2.48. The average molecular weight is 361 g/mol. The molecule has 1 amide bonds. The second-order valence-corrected chi connectivity index (χ2v) is 6.50. The lowest BCUT2D eigenvalue weighted by atomic mass is 10.3. The molecule has 1 saturated heterocycles. The van der Waals surface area contributed by atoms with Gasteiger partial charge in [0.1, 0.15) is 18.2 Å². The Morgan fingerprint density at radius 1 is 1.19 bits per heavy atom. The van der Waals surface area contributed by atoms with Crippen LogP contribution >= 0.6 is 0 Å². The number of carbonyl (C=O) groups is 1. The number of likely N-dealkylation sites (N-methyl/N-ethyl adjacent to an activating group) is 1. The third-order valence-electron chi connectivity index (χ3n) is 4.58. The second-order valence-electron chi connectivity index (χ2n) is 6.50. The predicted molar refractivity (Wildman–Crippen MR) is 94.7 cm³/mol. The van der Waals surface area contributed by atoms with E-state index in [0.29, 0.717) is 31.1 Å². The number of rotatable bonds is 5. The summed E-state index contributed by atoms with van der Waals surface area (Å²) >= 11 is 0. The standard InChI is InChI=1S/C18H24FN5O2/c1-14-17(18(25)23-9-3-8-22(2)10-11-23)20-21-24(14)12-13-26-16-6-4-15(19)5-7-16/h4-7H,3,8-13H2,1-2H3. The van der Waals surface area contributed by atoms with Crippen LogP contribution in [0.3, 0.4) is 0 Å². The third-order valence-corrected chi connectivity index (χ3v) is 4.58. The van der Waals surface area contributed by atoms with Crippen LogP contribution in [0.5, 0.6) is 5.75 Å². The molecule has 26 heavy (non-hydrogen) atoms. The number of hydrogen-bond acceptors (Lipinski definition) is 5. The van der Waals surface area contributed by atoms with Gasteiger partial charge in [-0.2, -0.15) is 0 Å². The van der Waals surface area contributed by atoms with Crippen LogP contribution in [-0.2, 0) is 6.54 Å². The molecule has 3 rings (SSSR count). The highest BCUT2D eigenvalue weighted by Crippen LogP contribution is 2.13. The first-order valence-corrected chi connectivity index (χ1v) is 8.81. The molecule has 140 valence electrons. The largest absolute Gasteiger partial charge is 0.492 e. The maximum absolute atomic E-state index is 12.9. The summed E-state index contributed by atoms with van der Waals surface area (Å²) in [5.74, 6) is 0.227. The van der Waals surface area contributed by atoms with Crippen LogP contribution in [0.4, 0.5) is 4.39 Å². The molecule has 0 N–H and O–H groups in total. The van der Waals surface area contributed by atoms with Crippen molar-refractivity contribution in [2.24, 2.45) is 0 Å². The maximum Gasteiger partial charge on any atom is 0.276 e. The summed E-state index contributed by atoms with van der Waals surface area (Å²) in [5, 5.41) is 8.16. The maximum atomic E-state index is 12.9. The van der Waals surface area contributed by atoms with Crippen LogP contribution < -0.4 is 4.74 Å². The molecule has 1 aromatic carbocycles. The van der Waals surface area contributed by atoms with Gasteiger partial charge in [0.15, 0.2) is 5.69 Å². The number of benzene rings is 1. The van der Waals surface area contributed by atoms with Crippen LogP contribution in [0.1, 0.15) is 22.6 Å². The number of nitrogens with zero attached hydrogens (tertiary/aromatic N) is 5. The van der Waals surface area contributed by atoms with Crippen molar-refractivity contribution in [1.29, 1.82) is 0 Å². The molecule has 8 heteroatoms. The second kappa shape index (κ2) is 8.27. The lowest BCUT2D eigenvalue weighted by Gasteiger charge is -2.19. The van der Waals surface area contributed by atoms with Crippen molar-refractivity contribution in [3.05, 3.63) is 41.5 Å². The van der Waals surface area contributed by atoms with Crippen LogP contribution in [0.25, 0.3) is 0 Å². The van der Waals surface area contributed by atoms with Gasteiger partial charge < -0.3 is 14.5 Å². The Kier molecular flexibility index (Phi) is 5.82. The van der Waals surface area contributed by atoms with Gasteiger partial charge in [-0.15, -0.1) is 5.10 Å². The summed E-state index contributed by atoms with van der Waals surface area (Å²) in [4.78, 5) is 16.8. The molecule has 0 aliphatic carbocycles. The number of ether oxygens (including phenoxy) is 1. The Balaban J connectivity index is 1.58. The van der Waals surface area contributed by atoms with Crippen LogP contribution in [0.2, 0.25) is 0 Å². The molecule has 0 spiro atoms. The quantitative estimate of drug-likeness (QED) is 0.809. The van der Waals surface area contributed by atoms with E-state index in [9.17, 15) is 9.18 Å². The molecule has 1 fully saturated rings. The van der Waals surface area contributed by atoms with E-state index in [1.54, 1.807) is 16.8 Å². The van der Waals surface area contributed by atoms with Gasteiger partial charge in [-0.1, -0.05) is 5.21 Å². The number of carbonyl (C=O) groups excluding carboxylic acids is 1. The number of aromatic nitrogens is 3.